The first kappa shape index (κ1) is 15.9. The van der Waals surface area contributed by atoms with Gasteiger partial charge in [-0.2, -0.15) is 0 Å². The Morgan fingerprint density at radius 3 is 2.40 bits per heavy atom. The first-order chi connectivity index (χ1) is 9.26. The van der Waals surface area contributed by atoms with Crippen LogP contribution in [0.1, 0.15) is 20.3 Å². The Morgan fingerprint density at radius 2 is 1.95 bits per heavy atom. The number of ether oxygens (including phenoxy) is 1. The van der Waals surface area contributed by atoms with Crippen LogP contribution in [-0.2, 0) is 14.8 Å². The molecule has 0 bridgehead atoms. The zero-order chi connectivity index (χ0) is 15.3. The van der Waals surface area contributed by atoms with Crippen molar-refractivity contribution in [2.75, 3.05) is 0 Å². The van der Waals surface area contributed by atoms with Crippen LogP contribution in [0.25, 0.3) is 0 Å². The lowest BCUT2D eigenvalue weighted by Gasteiger charge is -2.12. The van der Waals surface area contributed by atoms with Crippen LogP contribution in [0.3, 0.4) is 0 Å². The van der Waals surface area contributed by atoms with Gasteiger partial charge >= 0.3 is 6.09 Å². The number of sulfonamides is 1. The van der Waals surface area contributed by atoms with Gasteiger partial charge in [-0.3, -0.25) is 10.1 Å². The maximum Gasteiger partial charge on any atom is 0.421 e. The van der Waals surface area contributed by atoms with E-state index in [0.29, 0.717) is 6.42 Å². The predicted octanol–water partition coefficient (Wildman–Crippen LogP) is 1.81. The fourth-order valence-electron chi connectivity index (χ4n) is 1.21. The van der Waals surface area contributed by atoms with Crippen LogP contribution in [0.5, 0.6) is 0 Å². The molecule has 0 aliphatic carbocycles. The quantitative estimate of drug-likeness (QED) is 0.655. The second-order valence-electron chi connectivity index (χ2n) is 3.98. The van der Waals surface area contributed by atoms with Crippen molar-refractivity contribution in [3.8, 4) is 0 Å². The van der Waals surface area contributed by atoms with Gasteiger partial charge in [0.25, 0.3) is 15.7 Å². The fraction of sp³-hybridized carbons (Fsp3) is 0.364. The van der Waals surface area contributed by atoms with Crippen molar-refractivity contribution in [1.82, 2.24) is 4.72 Å². The number of amides is 1. The number of nitro benzene ring substituents is 1. The van der Waals surface area contributed by atoms with E-state index >= 15 is 0 Å². The van der Waals surface area contributed by atoms with Crippen LogP contribution in [0.2, 0.25) is 0 Å². The molecule has 0 saturated heterocycles. The zero-order valence-electron chi connectivity index (χ0n) is 10.9. The average Bonchev–Trinajstić information content (AvgIpc) is 2.37. The van der Waals surface area contributed by atoms with Crippen molar-refractivity contribution in [3.05, 3.63) is 34.4 Å². The largest absolute Gasteiger partial charge is 0.446 e. The minimum atomic E-state index is -4.10. The molecule has 1 N–H and O–H groups in total. The first-order valence-electron chi connectivity index (χ1n) is 5.74. The van der Waals surface area contributed by atoms with Gasteiger partial charge in [0, 0.05) is 12.1 Å². The van der Waals surface area contributed by atoms with Crippen LogP contribution >= 0.6 is 0 Å². The molecule has 0 aliphatic heterocycles. The predicted molar refractivity (Wildman–Crippen MR) is 69.7 cm³/mol. The van der Waals surface area contributed by atoms with Gasteiger partial charge in [-0.25, -0.2) is 17.9 Å². The number of carbonyl (C=O) groups excluding carboxylic acids is 1. The van der Waals surface area contributed by atoms with Gasteiger partial charge in [0.2, 0.25) is 0 Å². The molecule has 0 radical (unpaired) electrons. The Bertz CT molecular complexity index is 596. The summed E-state index contributed by atoms with van der Waals surface area (Å²) in [7, 11) is -4.10. The van der Waals surface area contributed by atoms with Gasteiger partial charge < -0.3 is 4.74 Å². The highest BCUT2D eigenvalue weighted by molar-refractivity contribution is 7.90. The minimum Gasteiger partial charge on any atom is -0.446 e. The third-order valence-corrected chi connectivity index (χ3v) is 3.79. The fourth-order valence-corrected chi connectivity index (χ4v) is 2.09. The molecule has 1 atom stereocenters. The molecule has 8 nitrogen and oxygen atoms in total. The van der Waals surface area contributed by atoms with Crippen LogP contribution in [0.15, 0.2) is 29.2 Å². The highest BCUT2D eigenvalue weighted by Gasteiger charge is 2.20. The van der Waals surface area contributed by atoms with E-state index in [-0.39, 0.29) is 10.6 Å². The van der Waals surface area contributed by atoms with E-state index in [0.717, 1.165) is 24.3 Å². The van der Waals surface area contributed by atoms with Gasteiger partial charge in [-0.15, -0.1) is 0 Å². The van der Waals surface area contributed by atoms with Crippen molar-refractivity contribution in [2.45, 2.75) is 31.3 Å². The van der Waals surface area contributed by atoms with Gasteiger partial charge in [0.05, 0.1) is 9.82 Å². The molecule has 0 aliphatic rings. The second-order valence-corrected chi connectivity index (χ2v) is 5.66. The highest BCUT2D eigenvalue weighted by Crippen LogP contribution is 2.15. The maximum absolute atomic E-state index is 11.8. The summed E-state index contributed by atoms with van der Waals surface area (Å²) in [4.78, 5) is 20.9. The molecule has 0 spiro atoms. The Kier molecular flexibility index (Phi) is 5.03. The van der Waals surface area contributed by atoms with Crippen molar-refractivity contribution in [3.63, 3.8) is 0 Å². The standard InChI is InChI=1S/C11H14N2O6S/c1-3-8(2)19-11(14)12-20(17,18)10-6-4-9(5-7-10)13(15)16/h4-8H,3H2,1-2H3,(H,12,14). The van der Waals surface area contributed by atoms with Crippen molar-refractivity contribution >= 4 is 21.8 Å². The summed E-state index contributed by atoms with van der Waals surface area (Å²) in [6, 6.07) is 4.15. The molecule has 20 heavy (non-hydrogen) atoms. The molecular weight excluding hydrogens is 288 g/mol. The Hall–Kier alpha value is -2.16. The van der Waals surface area contributed by atoms with E-state index in [4.69, 9.17) is 4.74 Å². The number of hydrogen-bond donors (Lipinski definition) is 1. The summed E-state index contributed by atoms with van der Waals surface area (Å²) < 4.78 is 30.1. The highest BCUT2D eigenvalue weighted by atomic mass is 32.2. The summed E-state index contributed by atoms with van der Waals surface area (Å²) in [6.07, 6.45) is -0.954. The van der Waals surface area contributed by atoms with E-state index in [1.54, 1.807) is 18.6 Å². The van der Waals surface area contributed by atoms with E-state index in [2.05, 4.69) is 0 Å². The minimum absolute atomic E-state index is 0.244. The molecule has 0 saturated carbocycles. The number of nitro groups is 1. The molecule has 0 heterocycles. The molecule has 1 unspecified atom stereocenters. The topological polar surface area (TPSA) is 116 Å². The van der Waals surface area contributed by atoms with Crippen LogP contribution in [-0.4, -0.2) is 25.5 Å². The molecule has 1 aromatic rings. The maximum atomic E-state index is 11.8. The van der Waals surface area contributed by atoms with Crippen LogP contribution in [0.4, 0.5) is 10.5 Å². The number of nitrogens with one attached hydrogen (secondary N) is 1. The summed E-state index contributed by atoms with van der Waals surface area (Å²) in [5.41, 5.74) is -0.244. The number of carbonyl (C=O) groups is 1. The normalized spacial score (nSPS) is 12.5. The Balaban J connectivity index is 2.83. The molecule has 0 fully saturated rings. The monoisotopic (exact) mass is 302 g/mol. The van der Waals surface area contributed by atoms with E-state index in [1.165, 1.54) is 0 Å². The average molecular weight is 302 g/mol. The molecule has 9 heteroatoms. The lowest BCUT2D eigenvalue weighted by atomic mass is 10.3. The van der Waals surface area contributed by atoms with Gasteiger partial charge in [0.15, 0.2) is 0 Å². The van der Waals surface area contributed by atoms with Crippen LogP contribution < -0.4 is 4.72 Å². The van der Waals surface area contributed by atoms with Gasteiger partial charge in [-0.1, -0.05) is 6.92 Å². The molecule has 110 valence electrons. The van der Waals surface area contributed by atoms with E-state index in [1.807, 2.05) is 0 Å². The lowest BCUT2D eigenvalue weighted by molar-refractivity contribution is -0.384. The smallest absolute Gasteiger partial charge is 0.421 e. The van der Waals surface area contributed by atoms with E-state index in [9.17, 15) is 23.3 Å². The summed E-state index contributed by atoms with van der Waals surface area (Å²) in [5, 5.41) is 10.5. The Labute approximate surface area is 115 Å². The lowest BCUT2D eigenvalue weighted by Crippen LogP contribution is -2.33. The van der Waals surface area contributed by atoms with Crippen molar-refractivity contribution < 1.29 is 22.9 Å². The Morgan fingerprint density at radius 1 is 1.40 bits per heavy atom. The summed E-state index contributed by atoms with van der Waals surface area (Å²) in [6.45, 7) is 3.40. The third kappa shape index (κ3) is 4.19. The number of non-ortho nitro benzene ring substituents is 1. The van der Waals surface area contributed by atoms with E-state index < -0.39 is 27.1 Å². The first-order valence-corrected chi connectivity index (χ1v) is 7.22. The zero-order valence-corrected chi connectivity index (χ0v) is 11.7. The third-order valence-electron chi connectivity index (χ3n) is 2.46. The molecule has 1 rings (SSSR count). The SMILES string of the molecule is CCC(C)OC(=O)NS(=O)(=O)c1ccc([N+](=O)[O-])cc1. The number of hydrogen-bond acceptors (Lipinski definition) is 6. The van der Waals surface area contributed by atoms with Crippen molar-refractivity contribution in [2.24, 2.45) is 0 Å². The van der Waals surface area contributed by atoms with Gasteiger partial charge in [0.1, 0.15) is 6.10 Å². The van der Waals surface area contributed by atoms with Crippen molar-refractivity contribution in [1.29, 1.82) is 0 Å². The number of nitrogens with zero attached hydrogens (tertiary/aromatic N) is 1. The second kappa shape index (κ2) is 6.33. The molecule has 0 aromatic heterocycles. The summed E-state index contributed by atoms with van der Waals surface area (Å²) >= 11 is 0. The molecule has 1 amide bonds. The number of benzene rings is 1. The summed E-state index contributed by atoms with van der Waals surface area (Å²) in [5.74, 6) is 0. The molecule has 1 aromatic carbocycles. The van der Waals surface area contributed by atoms with Gasteiger partial charge in [-0.05, 0) is 25.5 Å². The van der Waals surface area contributed by atoms with Crippen LogP contribution in [0, 0.1) is 10.1 Å². The molecular formula is C11H14N2O6S. The number of rotatable bonds is 5.